The molecule has 1 aromatic heterocycles. The number of nitrogens with zero attached hydrogens (tertiary/aromatic N) is 2. The number of methoxy groups -OCH3 is 2. The predicted molar refractivity (Wildman–Crippen MR) is 118 cm³/mol. The highest BCUT2D eigenvalue weighted by Gasteiger charge is 2.15. The van der Waals surface area contributed by atoms with Gasteiger partial charge in [-0.25, -0.2) is 4.79 Å². The molecule has 0 radical (unpaired) electrons. The van der Waals surface area contributed by atoms with Crippen LogP contribution in [0.4, 0.5) is 10.8 Å². The lowest BCUT2D eigenvalue weighted by Gasteiger charge is -2.06. The number of para-hydroxylation sites is 1. The second-order valence-corrected chi connectivity index (χ2v) is 8.13. The van der Waals surface area contributed by atoms with Crippen molar-refractivity contribution in [3.05, 3.63) is 59.7 Å². The third kappa shape index (κ3) is 6.03. The first-order valence-corrected chi connectivity index (χ1v) is 10.7. The van der Waals surface area contributed by atoms with Gasteiger partial charge in [0.15, 0.2) is 4.34 Å². The number of nitrogens with one attached hydrogen (secondary N) is 2. The molecule has 0 spiro atoms. The third-order valence-electron chi connectivity index (χ3n) is 3.90. The Bertz CT molecular complexity index is 1090. The molecule has 160 valence electrons. The summed E-state index contributed by atoms with van der Waals surface area (Å²) in [5.41, 5.74) is 1.33. The van der Waals surface area contributed by atoms with Gasteiger partial charge >= 0.3 is 5.97 Å². The van der Waals surface area contributed by atoms with Gasteiger partial charge in [-0.05, 0) is 36.4 Å². The van der Waals surface area contributed by atoms with Crippen molar-refractivity contribution in [1.29, 1.82) is 0 Å². The second kappa shape index (κ2) is 10.5. The van der Waals surface area contributed by atoms with E-state index in [-0.39, 0.29) is 17.6 Å². The van der Waals surface area contributed by atoms with Crippen LogP contribution in [0.2, 0.25) is 0 Å². The van der Waals surface area contributed by atoms with Gasteiger partial charge < -0.3 is 14.8 Å². The van der Waals surface area contributed by atoms with Crippen LogP contribution in [-0.2, 0) is 9.53 Å². The molecule has 1 heterocycles. The van der Waals surface area contributed by atoms with E-state index in [0.29, 0.717) is 32.0 Å². The minimum atomic E-state index is -0.446. The molecule has 2 amide bonds. The van der Waals surface area contributed by atoms with E-state index in [0.717, 1.165) is 11.3 Å². The number of rotatable bonds is 8. The van der Waals surface area contributed by atoms with Crippen molar-refractivity contribution < 1.29 is 23.9 Å². The highest BCUT2D eigenvalue weighted by Crippen LogP contribution is 2.27. The van der Waals surface area contributed by atoms with Crippen molar-refractivity contribution in [1.82, 2.24) is 10.2 Å². The maximum Gasteiger partial charge on any atom is 0.337 e. The zero-order valence-corrected chi connectivity index (χ0v) is 18.2. The van der Waals surface area contributed by atoms with E-state index in [1.807, 2.05) is 0 Å². The molecule has 3 aromatic rings. The summed E-state index contributed by atoms with van der Waals surface area (Å²) in [5.74, 6) is -0.494. The summed E-state index contributed by atoms with van der Waals surface area (Å²) in [7, 11) is 2.79. The lowest BCUT2D eigenvalue weighted by Crippen LogP contribution is -2.14. The molecule has 9 nitrogen and oxygen atoms in total. The quantitative estimate of drug-likeness (QED) is 0.300. The topological polar surface area (TPSA) is 120 Å². The Morgan fingerprint density at radius 2 is 1.74 bits per heavy atom. The Morgan fingerprint density at radius 3 is 2.45 bits per heavy atom. The van der Waals surface area contributed by atoms with Crippen LogP contribution in [0.25, 0.3) is 0 Å². The average molecular weight is 459 g/mol. The van der Waals surface area contributed by atoms with Gasteiger partial charge in [-0.1, -0.05) is 35.2 Å². The van der Waals surface area contributed by atoms with Crippen LogP contribution in [0, 0.1) is 0 Å². The molecular formula is C20H18N4O5S2. The highest BCUT2D eigenvalue weighted by molar-refractivity contribution is 8.01. The highest BCUT2D eigenvalue weighted by atomic mass is 32.2. The first-order valence-electron chi connectivity index (χ1n) is 8.89. The average Bonchev–Trinajstić information content (AvgIpc) is 3.24. The molecule has 0 unspecified atom stereocenters. The lowest BCUT2D eigenvalue weighted by atomic mass is 10.2. The summed E-state index contributed by atoms with van der Waals surface area (Å²) in [4.78, 5) is 36.0. The van der Waals surface area contributed by atoms with Gasteiger partial charge in [0.25, 0.3) is 5.91 Å². The standard InChI is InChI=1S/C20H18N4O5S2/c1-28-15-6-4-3-5-14(15)17(26)22-19-23-24-20(31-19)30-11-16(25)21-13-9-7-12(8-10-13)18(27)29-2/h3-10H,11H2,1-2H3,(H,21,25)(H,22,23,26). The van der Waals surface area contributed by atoms with E-state index in [1.54, 1.807) is 48.5 Å². The van der Waals surface area contributed by atoms with Crippen LogP contribution in [0.1, 0.15) is 20.7 Å². The number of thioether (sulfide) groups is 1. The monoisotopic (exact) mass is 458 g/mol. The normalized spacial score (nSPS) is 10.3. The summed E-state index contributed by atoms with van der Waals surface area (Å²) in [6, 6.07) is 13.2. The number of hydrogen-bond acceptors (Lipinski definition) is 9. The van der Waals surface area contributed by atoms with Gasteiger partial charge in [-0.2, -0.15) is 0 Å². The van der Waals surface area contributed by atoms with Crippen LogP contribution >= 0.6 is 23.1 Å². The van der Waals surface area contributed by atoms with Crippen LogP contribution in [0.15, 0.2) is 52.9 Å². The minimum absolute atomic E-state index is 0.105. The van der Waals surface area contributed by atoms with Gasteiger partial charge in [-0.3, -0.25) is 14.9 Å². The van der Waals surface area contributed by atoms with Gasteiger partial charge in [0.2, 0.25) is 11.0 Å². The minimum Gasteiger partial charge on any atom is -0.496 e. The molecule has 0 aliphatic carbocycles. The molecule has 0 aliphatic rings. The predicted octanol–water partition coefficient (Wildman–Crippen LogP) is 3.32. The number of carbonyl (C=O) groups excluding carboxylic acids is 3. The van der Waals surface area contributed by atoms with Crippen molar-refractivity contribution in [2.75, 3.05) is 30.6 Å². The Balaban J connectivity index is 1.51. The van der Waals surface area contributed by atoms with Gasteiger partial charge in [0.1, 0.15) is 5.75 Å². The Morgan fingerprint density at radius 1 is 1.00 bits per heavy atom. The molecule has 31 heavy (non-hydrogen) atoms. The van der Waals surface area contributed by atoms with Crippen LogP contribution in [0.5, 0.6) is 5.75 Å². The number of anilines is 2. The fraction of sp³-hybridized carbons (Fsp3) is 0.150. The summed E-state index contributed by atoms with van der Waals surface area (Å²) in [5, 5.41) is 13.6. The largest absolute Gasteiger partial charge is 0.496 e. The van der Waals surface area contributed by atoms with Crippen molar-refractivity contribution in [2.24, 2.45) is 0 Å². The van der Waals surface area contributed by atoms with Gasteiger partial charge in [-0.15, -0.1) is 10.2 Å². The number of carbonyl (C=O) groups is 3. The molecule has 2 aromatic carbocycles. The summed E-state index contributed by atoms with van der Waals surface area (Å²) < 4.78 is 10.3. The van der Waals surface area contributed by atoms with Crippen LogP contribution in [0.3, 0.4) is 0 Å². The third-order valence-corrected chi connectivity index (χ3v) is 5.87. The maximum atomic E-state index is 12.4. The Kier molecular flexibility index (Phi) is 7.57. The number of ether oxygens (including phenoxy) is 2. The molecule has 0 atom stereocenters. The van der Waals surface area contributed by atoms with E-state index >= 15 is 0 Å². The van der Waals surface area contributed by atoms with Crippen LogP contribution < -0.4 is 15.4 Å². The molecule has 0 saturated heterocycles. The summed E-state index contributed by atoms with van der Waals surface area (Å²) >= 11 is 2.36. The molecular weight excluding hydrogens is 440 g/mol. The molecule has 0 aliphatic heterocycles. The van der Waals surface area contributed by atoms with Crippen molar-refractivity contribution in [3.63, 3.8) is 0 Å². The summed E-state index contributed by atoms with van der Waals surface area (Å²) in [6.45, 7) is 0. The van der Waals surface area contributed by atoms with E-state index in [9.17, 15) is 14.4 Å². The first-order chi connectivity index (χ1) is 15.0. The van der Waals surface area contributed by atoms with Crippen molar-refractivity contribution in [2.45, 2.75) is 4.34 Å². The fourth-order valence-electron chi connectivity index (χ4n) is 2.45. The second-order valence-electron chi connectivity index (χ2n) is 5.93. The van der Waals surface area contributed by atoms with Gasteiger partial charge in [0.05, 0.1) is 31.1 Å². The number of amides is 2. The Hall–Kier alpha value is -3.44. The molecule has 0 fully saturated rings. The van der Waals surface area contributed by atoms with E-state index < -0.39 is 5.97 Å². The summed E-state index contributed by atoms with van der Waals surface area (Å²) in [6.07, 6.45) is 0. The lowest BCUT2D eigenvalue weighted by molar-refractivity contribution is -0.113. The van der Waals surface area contributed by atoms with Crippen LogP contribution in [-0.4, -0.2) is 48.0 Å². The molecule has 0 saturated carbocycles. The molecule has 3 rings (SSSR count). The van der Waals surface area contributed by atoms with Crippen molar-refractivity contribution in [3.8, 4) is 5.75 Å². The number of aromatic nitrogens is 2. The smallest absolute Gasteiger partial charge is 0.337 e. The number of esters is 1. The molecule has 11 heteroatoms. The van der Waals surface area contributed by atoms with Gasteiger partial charge in [0, 0.05) is 5.69 Å². The van der Waals surface area contributed by atoms with E-state index in [4.69, 9.17) is 4.74 Å². The van der Waals surface area contributed by atoms with E-state index in [1.165, 1.54) is 26.0 Å². The Labute approximate surface area is 186 Å². The molecule has 2 N–H and O–H groups in total. The zero-order valence-electron chi connectivity index (χ0n) is 16.6. The zero-order chi connectivity index (χ0) is 22.2. The van der Waals surface area contributed by atoms with Crippen molar-refractivity contribution >= 4 is 51.7 Å². The maximum absolute atomic E-state index is 12.4. The fourth-order valence-corrected chi connectivity index (χ4v) is 3.99. The number of hydrogen-bond donors (Lipinski definition) is 2. The molecule has 0 bridgehead atoms. The van der Waals surface area contributed by atoms with E-state index in [2.05, 4.69) is 25.6 Å². The SMILES string of the molecule is COC(=O)c1ccc(NC(=O)CSc2nnc(NC(=O)c3ccccc3OC)s2)cc1. The first kappa shape index (κ1) is 22.2. The number of benzene rings is 2.